The lowest BCUT2D eigenvalue weighted by Gasteiger charge is -2.13. The number of guanidine groups is 1. The van der Waals surface area contributed by atoms with E-state index < -0.39 is 0 Å². The number of hydrogen-bond donors (Lipinski definition) is 2. The topological polar surface area (TPSA) is 67.4 Å². The van der Waals surface area contributed by atoms with Gasteiger partial charge in [-0.3, -0.25) is 4.68 Å². The summed E-state index contributed by atoms with van der Waals surface area (Å²) in [5.41, 5.74) is 4.55. The molecular weight excluding hydrogens is 545 g/mol. The largest absolute Gasteiger partial charge is 0.469 e. The van der Waals surface area contributed by atoms with Crippen LogP contribution in [-0.4, -0.2) is 22.3 Å². The molecule has 0 amide bonds. The van der Waals surface area contributed by atoms with Gasteiger partial charge in [-0.05, 0) is 43.7 Å². The number of aryl methyl sites for hydroxylation is 2. The molecule has 1 aromatic carbocycles. The Balaban J connectivity index is 0.00000300. The van der Waals surface area contributed by atoms with Gasteiger partial charge in [-0.2, -0.15) is 5.10 Å². The predicted molar refractivity (Wildman–Crippen MR) is 131 cm³/mol. The highest BCUT2D eigenvalue weighted by molar-refractivity contribution is 14.0. The van der Waals surface area contributed by atoms with Gasteiger partial charge in [0.2, 0.25) is 0 Å². The van der Waals surface area contributed by atoms with Gasteiger partial charge < -0.3 is 15.1 Å². The van der Waals surface area contributed by atoms with E-state index >= 15 is 0 Å². The average Bonchev–Trinajstić information content (AvgIpc) is 3.27. The van der Waals surface area contributed by atoms with Gasteiger partial charge in [-0.15, -0.1) is 24.0 Å². The Bertz CT molecular complexity index is 919. The molecular formula is C21H27BrIN5O. The van der Waals surface area contributed by atoms with Crippen molar-refractivity contribution in [3.8, 4) is 0 Å². The standard InChI is InChI=1S/C21H26BrN5O.HI/c1-15-20(16(2)27(3)26-15)14-25-21(23-11-10-19-5-4-12-28-19)24-13-17-6-8-18(22)9-7-17;/h4-9,12H,10-11,13-14H2,1-3H3,(H2,23,24,25);1H. The Labute approximate surface area is 197 Å². The maximum atomic E-state index is 5.40. The summed E-state index contributed by atoms with van der Waals surface area (Å²) in [5.74, 6) is 1.73. The lowest BCUT2D eigenvalue weighted by Crippen LogP contribution is -2.38. The van der Waals surface area contributed by atoms with Crippen molar-refractivity contribution in [3.05, 3.63) is 75.4 Å². The molecule has 2 heterocycles. The number of hydrogen-bond acceptors (Lipinski definition) is 3. The SMILES string of the molecule is Cc1nn(C)c(C)c1CNC(=NCc1ccc(Br)cc1)NCCc1ccco1.I. The summed E-state index contributed by atoms with van der Waals surface area (Å²) in [4.78, 5) is 4.74. The van der Waals surface area contributed by atoms with Gasteiger partial charge in [-0.25, -0.2) is 4.99 Å². The van der Waals surface area contributed by atoms with E-state index in [-0.39, 0.29) is 24.0 Å². The molecule has 0 atom stereocenters. The minimum atomic E-state index is 0. The van der Waals surface area contributed by atoms with Gasteiger partial charge in [-0.1, -0.05) is 28.1 Å². The highest BCUT2D eigenvalue weighted by Crippen LogP contribution is 2.12. The highest BCUT2D eigenvalue weighted by Gasteiger charge is 2.10. The molecule has 3 aromatic rings. The zero-order valence-electron chi connectivity index (χ0n) is 16.9. The van der Waals surface area contributed by atoms with Crippen molar-refractivity contribution in [3.63, 3.8) is 0 Å². The van der Waals surface area contributed by atoms with E-state index in [4.69, 9.17) is 9.41 Å². The van der Waals surface area contributed by atoms with E-state index in [1.165, 1.54) is 5.56 Å². The second-order valence-corrected chi connectivity index (χ2v) is 7.59. The monoisotopic (exact) mass is 571 g/mol. The van der Waals surface area contributed by atoms with Crippen molar-refractivity contribution in [1.29, 1.82) is 0 Å². The fourth-order valence-corrected chi connectivity index (χ4v) is 3.20. The minimum Gasteiger partial charge on any atom is -0.469 e. The minimum absolute atomic E-state index is 0. The van der Waals surface area contributed by atoms with E-state index in [2.05, 4.69) is 50.7 Å². The van der Waals surface area contributed by atoms with Crippen molar-refractivity contribution in [1.82, 2.24) is 20.4 Å². The van der Waals surface area contributed by atoms with Crippen LogP contribution in [0, 0.1) is 13.8 Å². The Kier molecular flexibility index (Phi) is 9.22. The summed E-state index contributed by atoms with van der Waals surface area (Å²) < 4.78 is 8.38. The van der Waals surface area contributed by atoms with Crippen molar-refractivity contribution in [2.75, 3.05) is 6.54 Å². The molecule has 0 aliphatic rings. The lowest BCUT2D eigenvalue weighted by atomic mass is 10.2. The van der Waals surface area contributed by atoms with Gasteiger partial charge in [0.25, 0.3) is 0 Å². The van der Waals surface area contributed by atoms with Crippen LogP contribution in [0.1, 0.15) is 28.3 Å². The first-order valence-electron chi connectivity index (χ1n) is 9.31. The Hall–Kier alpha value is -1.81. The Morgan fingerprint density at radius 1 is 1.17 bits per heavy atom. The Morgan fingerprint density at radius 3 is 2.55 bits per heavy atom. The number of aromatic nitrogens is 2. The number of nitrogens with zero attached hydrogens (tertiary/aromatic N) is 3. The van der Waals surface area contributed by atoms with Crippen LogP contribution in [0.15, 0.2) is 56.5 Å². The van der Waals surface area contributed by atoms with E-state index in [1.54, 1.807) is 6.26 Å². The molecule has 0 saturated carbocycles. The summed E-state index contributed by atoms with van der Waals surface area (Å²) in [7, 11) is 1.97. The number of benzene rings is 1. The summed E-state index contributed by atoms with van der Waals surface area (Å²) in [6, 6.07) is 12.1. The summed E-state index contributed by atoms with van der Waals surface area (Å²) >= 11 is 3.47. The second-order valence-electron chi connectivity index (χ2n) is 6.67. The Morgan fingerprint density at radius 2 is 1.93 bits per heavy atom. The molecule has 3 rings (SSSR count). The molecule has 2 aromatic heterocycles. The van der Waals surface area contributed by atoms with Gasteiger partial charge in [0.15, 0.2) is 5.96 Å². The zero-order chi connectivity index (χ0) is 19.9. The van der Waals surface area contributed by atoms with Crippen LogP contribution >= 0.6 is 39.9 Å². The van der Waals surface area contributed by atoms with Crippen LogP contribution in [-0.2, 0) is 26.6 Å². The number of furan rings is 1. The molecule has 0 saturated heterocycles. The third-order valence-electron chi connectivity index (χ3n) is 4.67. The van der Waals surface area contributed by atoms with E-state index in [1.807, 2.05) is 42.9 Å². The number of rotatable bonds is 7. The number of halogens is 2. The quantitative estimate of drug-likeness (QED) is 0.249. The fraction of sp³-hybridized carbons (Fsp3) is 0.333. The normalized spacial score (nSPS) is 11.2. The smallest absolute Gasteiger partial charge is 0.191 e. The van der Waals surface area contributed by atoms with Crippen molar-refractivity contribution < 1.29 is 4.42 Å². The predicted octanol–water partition coefficient (Wildman–Crippen LogP) is 4.49. The maximum Gasteiger partial charge on any atom is 0.191 e. The summed E-state index contributed by atoms with van der Waals surface area (Å²) in [6.07, 6.45) is 2.50. The van der Waals surface area contributed by atoms with Crippen molar-refractivity contribution in [2.45, 2.75) is 33.4 Å². The molecule has 0 aliphatic heterocycles. The zero-order valence-corrected chi connectivity index (χ0v) is 20.8. The first kappa shape index (κ1) is 23.5. The first-order valence-corrected chi connectivity index (χ1v) is 10.1. The molecule has 0 aliphatic carbocycles. The first-order chi connectivity index (χ1) is 13.5. The van der Waals surface area contributed by atoms with Crippen LogP contribution < -0.4 is 10.6 Å². The summed E-state index contributed by atoms with van der Waals surface area (Å²) in [5, 5.41) is 11.3. The van der Waals surface area contributed by atoms with E-state index in [0.717, 1.165) is 46.1 Å². The molecule has 8 heteroatoms. The third-order valence-corrected chi connectivity index (χ3v) is 5.20. The molecule has 0 unspecified atom stereocenters. The van der Waals surface area contributed by atoms with Gasteiger partial charge in [0.05, 0.1) is 18.5 Å². The highest BCUT2D eigenvalue weighted by atomic mass is 127. The molecule has 0 radical (unpaired) electrons. The van der Waals surface area contributed by atoms with Gasteiger partial charge >= 0.3 is 0 Å². The summed E-state index contributed by atoms with van der Waals surface area (Å²) in [6.45, 7) is 6.14. The maximum absolute atomic E-state index is 5.40. The van der Waals surface area contributed by atoms with Crippen molar-refractivity contribution >= 4 is 45.9 Å². The second kappa shape index (κ2) is 11.4. The molecule has 6 nitrogen and oxygen atoms in total. The van der Waals surface area contributed by atoms with Crippen LogP contribution in [0.5, 0.6) is 0 Å². The molecule has 0 bridgehead atoms. The van der Waals surface area contributed by atoms with Crippen LogP contribution in [0.3, 0.4) is 0 Å². The number of nitrogens with one attached hydrogen (secondary N) is 2. The van der Waals surface area contributed by atoms with Crippen LogP contribution in [0.25, 0.3) is 0 Å². The van der Waals surface area contributed by atoms with E-state index in [9.17, 15) is 0 Å². The molecule has 2 N–H and O–H groups in total. The van der Waals surface area contributed by atoms with Crippen LogP contribution in [0.4, 0.5) is 0 Å². The van der Waals surface area contributed by atoms with Crippen molar-refractivity contribution in [2.24, 2.45) is 12.0 Å². The molecule has 156 valence electrons. The average molecular weight is 572 g/mol. The van der Waals surface area contributed by atoms with Gasteiger partial charge in [0.1, 0.15) is 5.76 Å². The van der Waals surface area contributed by atoms with Crippen LogP contribution in [0.2, 0.25) is 0 Å². The molecule has 29 heavy (non-hydrogen) atoms. The fourth-order valence-electron chi connectivity index (χ4n) is 2.94. The lowest BCUT2D eigenvalue weighted by molar-refractivity contribution is 0.506. The third kappa shape index (κ3) is 6.88. The number of aliphatic imine (C=N–C) groups is 1. The molecule has 0 fully saturated rings. The molecule has 0 spiro atoms. The van der Waals surface area contributed by atoms with E-state index in [0.29, 0.717) is 13.1 Å². The van der Waals surface area contributed by atoms with Gasteiger partial charge in [0, 0.05) is 42.3 Å².